The van der Waals surface area contributed by atoms with Gasteiger partial charge in [0.15, 0.2) is 11.6 Å². The molecule has 0 amide bonds. The largest absolute Gasteiger partial charge is 0.294 e. The van der Waals surface area contributed by atoms with Crippen LogP contribution in [0.1, 0.15) is 41.0 Å². The van der Waals surface area contributed by atoms with Crippen molar-refractivity contribution in [3.05, 3.63) is 24.3 Å². The summed E-state index contributed by atoms with van der Waals surface area (Å²) < 4.78 is 0. The summed E-state index contributed by atoms with van der Waals surface area (Å²) in [5.41, 5.74) is -0.0616. The summed E-state index contributed by atoms with van der Waals surface area (Å²) in [6.45, 7) is 18.4. The fourth-order valence-corrected chi connectivity index (χ4v) is 3.29. The van der Waals surface area contributed by atoms with Crippen molar-refractivity contribution in [3.63, 3.8) is 0 Å². The molecule has 0 bridgehead atoms. The Labute approximate surface area is 135 Å². The minimum atomic E-state index is -1.01. The lowest BCUT2D eigenvalue weighted by molar-refractivity contribution is -0.154. The fourth-order valence-electron chi connectivity index (χ4n) is 3.29. The molecule has 0 aliphatic heterocycles. The summed E-state index contributed by atoms with van der Waals surface area (Å²) in [5.74, 6) is -0.621. The van der Waals surface area contributed by atoms with Crippen LogP contribution in [0.15, 0.2) is 24.3 Å². The van der Waals surface area contributed by atoms with Crippen LogP contribution in [0, 0.1) is 5.92 Å². The molecule has 4 heteroatoms. The van der Waals surface area contributed by atoms with Crippen LogP contribution in [0.3, 0.4) is 0 Å². The summed E-state index contributed by atoms with van der Waals surface area (Å²) in [6.07, 6.45) is 0.569. The van der Waals surface area contributed by atoms with E-state index in [0.29, 0.717) is 30.7 Å². The molecule has 0 saturated carbocycles. The summed E-state index contributed by atoms with van der Waals surface area (Å²) >= 11 is 0. The van der Waals surface area contributed by atoms with Gasteiger partial charge in [-0.2, -0.15) is 0 Å². The van der Waals surface area contributed by atoms with Gasteiger partial charge in [-0.3, -0.25) is 19.4 Å². The van der Waals surface area contributed by atoms with Crippen LogP contribution in [-0.2, 0) is 9.59 Å². The molecule has 0 fully saturated rings. The van der Waals surface area contributed by atoms with Gasteiger partial charge in [-0.1, -0.05) is 33.9 Å². The average molecular weight is 308 g/mol. The molecule has 0 saturated heterocycles. The van der Waals surface area contributed by atoms with Crippen molar-refractivity contribution in [2.45, 2.75) is 46.7 Å². The smallest absolute Gasteiger partial charge is 0.193 e. The lowest BCUT2D eigenvalue weighted by Crippen LogP contribution is -2.69. The molecule has 4 nitrogen and oxygen atoms in total. The van der Waals surface area contributed by atoms with Crippen molar-refractivity contribution in [2.24, 2.45) is 5.92 Å². The number of Topliss-reactive ketones (excluding diaryl/α,β-unsaturated/α-hetero) is 2. The van der Waals surface area contributed by atoms with Crippen molar-refractivity contribution >= 4 is 11.6 Å². The van der Waals surface area contributed by atoms with E-state index in [4.69, 9.17) is 0 Å². The maximum absolute atomic E-state index is 13.1. The van der Waals surface area contributed by atoms with Crippen molar-refractivity contribution in [2.75, 3.05) is 27.2 Å². The van der Waals surface area contributed by atoms with Crippen molar-refractivity contribution < 1.29 is 9.59 Å². The zero-order valence-corrected chi connectivity index (χ0v) is 15.3. The highest BCUT2D eigenvalue weighted by atomic mass is 16.1. The molecule has 0 aliphatic rings. The van der Waals surface area contributed by atoms with Gasteiger partial charge in [0.2, 0.25) is 0 Å². The highest BCUT2D eigenvalue weighted by Gasteiger charge is 2.53. The van der Waals surface area contributed by atoms with E-state index in [0.717, 1.165) is 0 Å². The number of carbonyl (C=O) groups excluding carboxylic acids is 2. The first-order chi connectivity index (χ1) is 10.1. The fraction of sp³-hybridized carbons (Fsp3) is 0.667. The lowest BCUT2D eigenvalue weighted by atomic mass is 9.77. The van der Waals surface area contributed by atoms with E-state index in [-0.39, 0.29) is 11.6 Å². The van der Waals surface area contributed by atoms with E-state index in [9.17, 15) is 9.59 Å². The third kappa shape index (κ3) is 3.55. The second-order valence-electron chi connectivity index (χ2n) is 6.01. The highest BCUT2D eigenvalue weighted by Crippen LogP contribution is 2.35. The standard InChI is InChI=1S/C18H32N2O2/c1-10-15(16(21)13(4)5)18(19(8)9,17(22)14(6)7)20(11-2)12-3/h15H,4,6,10-12H2,1-3,5,7-9H3. The number of likely N-dealkylation sites (N-methyl/N-ethyl adjacent to an activating group) is 2. The topological polar surface area (TPSA) is 40.6 Å². The van der Waals surface area contributed by atoms with E-state index >= 15 is 0 Å². The molecule has 0 heterocycles. The Morgan fingerprint density at radius 1 is 1.00 bits per heavy atom. The molecule has 0 N–H and O–H groups in total. The van der Waals surface area contributed by atoms with Gasteiger partial charge in [0.05, 0.1) is 5.92 Å². The quantitative estimate of drug-likeness (QED) is 0.459. The van der Waals surface area contributed by atoms with Crippen LogP contribution >= 0.6 is 0 Å². The molecule has 0 radical (unpaired) electrons. The van der Waals surface area contributed by atoms with Crippen LogP contribution in [0.4, 0.5) is 0 Å². The Hall–Kier alpha value is -1.26. The number of hydrogen-bond donors (Lipinski definition) is 0. The van der Waals surface area contributed by atoms with Gasteiger partial charge < -0.3 is 0 Å². The summed E-state index contributed by atoms with van der Waals surface area (Å²) in [7, 11) is 3.71. The van der Waals surface area contributed by atoms with E-state index in [1.54, 1.807) is 13.8 Å². The molecule has 0 aromatic rings. The lowest BCUT2D eigenvalue weighted by Gasteiger charge is -2.50. The first-order valence-corrected chi connectivity index (χ1v) is 7.95. The summed E-state index contributed by atoms with van der Waals surface area (Å²) in [5, 5.41) is 0. The summed E-state index contributed by atoms with van der Waals surface area (Å²) in [6, 6.07) is 0. The maximum atomic E-state index is 13.1. The number of carbonyl (C=O) groups is 2. The van der Waals surface area contributed by atoms with Crippen LogP contribution in [0.25, 0.3) is 0 Å². The van der Waals surface area contributed by atoms with Crippen molar-refractivity contribution in [3.8, 4) is 0 Å². The molecule has 0 aliphatic carbocycles. The molecular weight excluding hydrogens is 276 g/mol. The Balaban J connectivity index is 6.48. The van der Waals surface area contributed by atoms with Gasteiger partial charge in [0, 0.05) is 0 Å². The van der Waals surface area contributed by atoms with Crippen LogP contribution in [0.2, 0.25) is 0 Å². The zero-order valence-electron chi connectivity index (χ0n) is 15.3. The summed E-state index contributed by atoms with van der Waals surface area (Å²) in [4.78, 5) is 29.8. The van der Waals surface area contributed by atoms with Crippen LogP contribution in [-0.4, -0.2) is 54.2 Å². The Kier molecular flexibility index (Phi) is 7.91. The second kappa shape index (κ2) is 8.39. The monoisotopic (exact) mass is 308 g/mol. The first-order valence-electron chi connectivity index (χ1n) is 7.95. The molecule has 0 rings (SSSR count). The van der Waals surface area contributed by atoms with Crippen molar-refractivity contribution in [1.82, 2.24) is 9.80 Å². The van der Waals surface area contributed by atoms with Gasteiger partial charge in [-0.05, 0) is 58.6 Å². The minimum Gasteiger partial charge on any atom is -0.294 e. The number of rotatable bonds is 10. The van der Waals surface area contributed by atoms with E-state index in [2.05, 4.69) is 18.1 Å². The number of allylic oxidation sites excluding steroid dienone is 1. The molecule has 0 aromatic carbocycles. The molecule has 0 aromatic heterocycles. The third-order valence-electron chi connectivity index (χ3n) is 4.28. The second-order valence-corrected chi connectivity index (χ2v) is 6.01. The molecule has 2 atom stereocenters. The van der Waals surface area contributed by atoms with Gasteiger partial charge in [0.25, 0.3) is 0 Å². The predicted molar refractivity (Wildman–Crippen MR) is 92.8 cm³/mol. The third-order valence-corrected chi connectivity index (χ3v) is 4.28. The molecule has 22 heavy (non-hydrogen) atoms. The highest BCUT2D eigenvalue weighted by molar-refractivity contribution is 6.07. The van der Waals surface area contributed by atoms with Gasteiger partial charge in [-0.15, -0.1) is 0 Å². The van der Waals surface area contributed by atoms with Crippen LogP contribution in [0.5, 0.6) is 0 Å². The van der Waals surface area contributed by atoms with Crippen molar-refractivity contribution in [1.29, 1.82) is 0 Å². The van der Waals surface area contributed by atoms with E-state index in [1.165, 1.54) is 0 Å². The minimum absolute atomic E-state index is 0.0577. The van der Waals surface area contributed by atoms with Crippen LogP contribution < -0.4 is 0 Å². The number of nitrogens with zero attached hydrogens (tertiary/aromatic N) is 2. The SMILES string of the molecule is C=C(C)C(=O)C(CC)C(C(=O)C(=C)C)(N(C)C)N(CC)CC. The molecule has 0 spiro atoms. The van der Waals surface area contributed by atoms with E-state index < -0.39 is 11.6 Å². The molecule has 126 valence electrons. The van der Waals surface area contributed by atoms with E-state index in [1.807, 2.05) is 39.8 Å². The van der Waals surface area contributed by atoms with Gasteiger partial charge in [-0.25, -0.2) is 0 Å². The predicted octanol–water partition coefficient (Wildman–Crippen LogP) is 2.90. The average Bonchev–Trinajstić information content (AvgIpc) is 2.45. The molecule has 2 unspecified atom stereocenters. The maximum Gasteiger partial charge on any atom is 0.193 e. The Morgan fingerprint density at radius 2 is 1.45 bits per heavy atom. The Bertz CT molecular complexity index is 450. The Morgan fingerprint density at radius 3 is 1.68 bits per heavy atom. The number of hydrogen-bond acceptors (Lipinski definition) is 4. The normalized spacial score (nSPS) is 15.5. The molecular formula is C18H32N2O2. The number of ketones is 2. The zero-order chi connectivity index (χ0) is 17.7. The van der Waals surface area contributed by atoms with Gasteiger partial charge >= 0.3 is 0 Å². The van der Waals surface area contributed by atoms with Gasteiger partial charge in [0.1, 0.15) is 5.66 Å². The first kappa shape index (κ1) is 20.7.